The van der Waals surface area contributed by atoms with Crippen molar-refractivity contribution in [3.63, 3.8) is 0 Å². The summed E-state index contributed by atoms with van der Waals surface area (Å²) in [6.07, 6.45) is 45.1. The summed E-state index contributed by atoms with van der Waals surface area (Å²) >= 11 is 0. The van der Waals surface area contributed by atoms with Gasteiger partial charge in [-0.15, -0.1) is 0 Å². The van der Waals surface area contributed by atoms with Crippen LogP contribution in [-0.4, -0.2) is 37.2 Å². The Morgan fingerprint density at radius 1 is 0.339 bits per heavy atom. The van der Waals surface area contributed by atoms with E-state index >= 15 is 0 Å². The van der Waals surface area contributed by atoms with Crippen LogP contribution >= 0.6 is 0 Å². The van der Waals surface area contributed by atoms with Crippen molar-refractivity contribution in [1.29, 1.82) is 0 Å². The van der Waals surface area contributed by atoms with Crippen LogP contribution < -0.4 is 0 Å². The summed E-state index contributed by atoms with van der Waals surface area (Å²) in [6.45, 7) is 9.01. The smallest absolute Gasteiger partial charge is 0.306 e. The molecule has 1 atom stereocenters. The molecule has 0 aromatic heterocycles. The second kappa shape index (κ2) is 44.5. The van der Waals surface area contributed by atoms with Gasteiger partial charge in [-0.25, -0.2) is 0 Å². The number of carbonyl (C=O) groups is 3. The van der Waals surface area contributed by atoms with Crippen LogP contribution in [0.15, 0.2) is 0 Å². The van der Waals surface area contributed by atoms with Crippen LogP contribution in [0.1, 0.15) is 278 Å². The SMILES string of the molecule is CCCCCCCCCCCCCCC(=O)O[C@@H](COC(=O)CCCCCCCCCCC)COC(=O)CCCCCCCCCCCCCCCCC(C)C. The summed E-state index contributed by atoms with van der Waals surface area (Å²) in [4.78, 5) is 37.8. The largest absolute Gasteiger partial charge is 0.462 e. The number of esters is 3. The minimum absolute atomic E-state index is 0.0630. The number of hydrogen-bond donors (Lipinski definition) is 0. The maximum Gasteiger partial charge on any atom is 0.306 e. The average Bonchev–Trinajstić information content (AvgIpc) is 3.18. The molecule has 0 rings (SSSR count). The fourth-order valence-electron chi connectivity index (χ4n) is 7.51. The summed E-state index contributed by atoms with van der Waals surface area (Å²) in [5.41, 5.74) is 0. The van der Waals surface area contributed by atoms with Gasteiger partial charge in [-0.05, 0) is 25.2 Å². The van der Waals surface area contributed by atoms with Gasteiger partial charge in [-0.2, -0.15) is 0 Å². The van der Waals surface area contributed by atoms with Crippen LogP contribution in [0, 0.1) is 5.92 Å². The normalized spacial score (nSPS) is 11.9. The van der Waals surface area contributed by atoms with E-state index in [1.165, 1.54) is 173 Å². The number of hydrogen-bond acceptors (Lipinski definition) is 6. The second-order valence-electron chi connectivity index (χ2n) is 17.6. The zero-order valence-electron chi connectivity index (χ0n) is 38.1. The standard InChI is InChI=1S/C50H96O6/c1-5-7-9-11-13-15-16-22-27-31-35-39-43-50(53)56-47(44-54-48(51)41-37-33-29-24-14-12-10-8-6-2)45-55-49(52)42-38-34-30-26-23-20-18-17-19-21-25-28-32-36-40-46(3)4/h46-47H,5-45H2,1-4H3/t47-/m0/s1. The molecule has 0 spiro atoms. The Morgan fingerprint density at radius 2 is 0.589 bits per heavy atom. The number of rotatable bonds is 45. The Kier molecular flexibility index (Phi) is 43.2. The molecule has 0 aliphatic carbocycles. The Morgan fingerprint density at radius 3 is 0.875 bits per heavy atom. The van der Waals surface area contributed by atoms with Crippen molar-refractivity contribution in [1.82, 2.24) is 0 Å². The van der Waals surface area contributed by atoms with Gasteiger partial charge in [0.15, 0.2) is 6.10 Å². The van der Waals surface area contributed by atoms with E-state index in [4.69, 9.17) is 14.2 Å². The monoisotopic (exact) mass is 793 g/mol. The summed E-state index contributed by atoms with van der Waals surface area (Å²) < 4.78 is 16.7. The van der Waals surface area contributed by atoms with Gasteiger partial charge in [-0.3, -0.25) is 14.4 Å². The molecule has 0 saturated carbocycles. The summed E-state index contributed by atoms with van der Waals surface area (Å²) in [5, 5.41) is 0. The topological polar surface area (TPSA) is 78.9 Å². The minimum Gasteiger partial charge on any atom is -0.462 e. The highest BCUT2D eigenvalue weighted by Crippen LogP contribution is 2.17. The average molecular weight is 793 g/mol. The molecule has 0 fully saturated rings. The van der Waals surface area contributed by atoms with E-state index in [2.05, 4.69) is 27.7 Å². The first-order valence-corrected chi connectivity index (χ1v) is 24.9. The molecule has 0 radical (unpaired) electrons. The lowest BCUT2D eigenvalue weighted by molar-refractivity contribution is -0.167. The molecule has 0 saturated heterocycles. The zero-order valence-corrected chi connectivity index (χ0v) is 38.1. The predicted octanol–water partition coefficient (Wildman–Crippen LogP) is 15.9. The Balaban J connectivity index is 4.25. The van der Waals surface area contributed by atoms with Crippen LogP contribution in [0.4, 0.5) is 0 Å². The molecule has 56 heavy (non-hydrogen) atoms. The van der Waals surface area contributed by atoms with Crippen molar-refractivity contribution in [3.05, 3.63) is 0 Å². The molecule has 0 aromatic carbocycles. The van der Waals surface area contributed by atoms with E-state index in [9.17, 15) is 14.4 Å². The van der Waals surface area contributed by atoms with Crippen LogP contribution in [0.3, 0.4) is 0 Å². The first-order valence-electron chi connectivity index (χ1n) is 24.9. The maximum atomic E-state index is 12.7. The molecule has 332 valence electrons. The Labute approximate surface area is 348 Å². The van der Waals surface area contributed by atoms with E-state index in [0.717, 1.165) is 63.7 Å². The minimum atomic E-state index is -0.759. The molecule has 0 unspecified atom stereocenters. The number of ether oxygens (including phenoxy) is 3. The van der Waals surface area contributed by atoms with Gasteiger partial charge in [0.1, 0.15) is 13.2 Å². The highest BCUT2D eigenvalue weighted by molar-refractivity contribution is 5.71. The molecule has 0 aliphatic heterocycles. The van der Waals surface area contributed by atoms with Crippen LogP contribution in [0.5, 0.6) is 0 Å². The van der Waals surface area contributed by atoms with Gasteiger partial charge in [0.2, 0.25) is 0 Å². The van der Waals surface area contributed by atoms with Crippen molar-refractivity contribution in [2.45, 2.75) is 284 Å². The predicted molar refractivity (Wildman–Crippen MR) is 238 cm³/mol. The lowest BCUT2D eigenvalue weighted by atomic mass is 10.0. The lowest BCUT2D eigenvalue weighted by Gasteiger charge is -2.18. The highest BCUT2D eigenvalue weighted by Gasteiger charge is 2.19. The third-order valence-corrected chi connectivity index (χ3v) is 11.3. The van der Waals surface area contributed by atoms with Gasteiger partial charge in [-0.1, -0.05) is 240 Å². The van der Waals surface area contributed by atoms with Crippen LogP contribution in [-0.2, 0) is 28.6 Å². The van der Waals surface area contributed by atoms with Gasteiger partial charge in [0.25, 0.3) is 0 Å². The Bertz CT molecular complexity index is 841. The molecule has 0 aliphatic rings. The van der Waals surface area contributed by atoms with Crippen LogP contribution in [0.25, 0.3) is 0 Å². The summed E-state index contributed by atoms with van der Waals surface area (Å²) in [5.74, 6) is -0.00496. The van der Waals surface area contributed by atoms with Crippen molar-refractivity contribution >= 4 is 17.9 Å². The molecule has 0 aromatic rings. The molecule has 0 N–H and O–H groups in total. The lowest BCUT2D eigenvalue weighted by Crippen LogP contribution is -2.30. The molecular weight excluding hydrogens is 697 g/mol. The first-order chi connectivity index (χ1) is 27.4. The highest BCUT2D eigenvalue weighted by atomic mass is 16.6. The number of unbranched alkanes of at least 4 members (excludes halogenated alkanes) is 32. The molecule has 6 nitrogen and oxygen atoms in total. The fourth-order valence-corrected chi connectivity index (χ4v) is 7.51. The van der Waals surface area contributed by atoms with Crippen molar-refractivity contribution < 1.29 is 28.6 Å². The van der Waals surface area contributed by atoms with Crippen LogP contribution in [0.2, 0.25) is 0 Å². The molecular formula is C50H96O6. The molecule has 0 amide bonds. The zero-order chi connectivity index (χ0) is 41.0. The maximum absolute atomic E-state index is 12.7. The second-order valence-corrected chi connectivity index (χ2v) is 17.6. The van der Waals surface area contributed by atoms with E-state index in [-0.39, 0.29) is 31.1 Å². The first kappa shape index (κ1) is 54.4. The fraction of sp³-hybridized carbons (Fsp3) is 0.940. The van der Waals surface area contributed by atoms with Crippen molar-refractivity contribution in [2.75, 3.05) is 13.2 Å². The van der Waals surface area contributed by atoms with Gasteiger partial charge < -0.3 is 14.2 Å². The number of carbonyl (C=O) groups excluding carboxylic acids is 3. The van der Waals surface area contributed by atoms with Crippen molar-refractivity contribution in [3.8, 4) is 0 Å². The Hall–Kier alpha value is -1.59. The van der Waals surface area contributed by atoms with Gasteiger partial charge in [0, 0.05) is 19.3 Å². The van der Waals surface area contributed by atoms with E-state index in [1.54, 1.807) is 0 Å². The quantitative estimate of drug-likeness (QED) is 0.0347. The third-order valence-electron chi connectivity index (χ3n) is 11.3. The van der Waals surface area contributed by atoms with Gasteiger partial charge >= 0.3 is 17.9 Å². The van der Waals surface area contributed by atoms with E-state index in [0.29, 0.717) is 19.3 Å². The third kappa shape index (κ3) is 43.5. The molecule has 6 heteroatoms. The van der Waals surface area contributed by atoms with E-state index < -0.39 is 6.10 Å². The summed E-state index contributed by atoms with van der Waals surface area (Å²) in [7, 11) is 0. The van der Waals surface area contributed by atoms with E-state index in [1.807, 2.05) is 0 Å². The molecule has 0 bridgehead atoms. The van der Waals surface area contributed by atoms with Crippen molar-refractivity contribution in [2.24, 2.45) is 5.92 Å². The molecule has 0 heterocycles. The van der Waals surface area contributed by atoms with Gasteiger partial charge in [0.05, 0.1) is 0 Å². The summed E-state index contributed by atoms with van der Waals surface area (Å²) in [6, 6.07) is 0.